The average Bonchev–Trinajstić information content (AvgIpc) is 3.16. The Labute approximate surface area is 166 Å². The first-order valence-electron chi connectivity index (χ1n) is 9.59. The van der Waals surface area contributed by atoms with Crippen LogP contribution in [0.3, 0.4) is 0 Å². The molecule has 2 aromatic carbocycles. The molecule has 3 rings (SSSR count). The van der Waals surface area contributed by atoms with E-state index in [-0.39, 0.29) is 5.91 Å². The van der Waals surface area contributed by atoms with Gasteiger partial charge in [-0.15, -0.1) is 0 Å². The first-order valence-corrected chi connectivity index (χ1v) is 9.59. The minimum Gasteiger partial charge on any atom is -0.497 e. The molecule has 0 bridgehead atoms. The number of benzene rings is 2. The second-order valence-electron chi connectivity index (χ2n) is 6.82. The number of hydrogen-bond acceptors (Lipinski definition) is 3. The van der Waals surface area contributed by atoms with Crippen molar-refractivity contribution in [3.05, 3.63) is 65.4 Å². The number of nitrogens with zero attached hydrogens (tertiary/aromatic N) is 3. The van der Waals surface area contributed by atoms with Gasteiger partial charge in [-0.05, 0) is 75.2 Å². The highest BCUT2D eigenvalue weighted by Gasteiger charge is 2.22. The lowest BCUT2D eigenvalue weighted by atomic mass is 10.1. The van der Waals surface area contributed by atoms with Crippen LogP contribution in [-0.4, -0.2) is 40.8 Å². The van der Waals surface area contributed by atoms with E-state index < -0.39 is 0 Å². The predicted octanol–water partition coefficient (Wildman–Crippen LogP) is 4.65. The lowest BCUT2D eigenvalue weighted by Gasteiger charge is -2.19. The third-order valence-electron chi connectivity index (χ3n) is 4.96. The summed E-state index contributed by atoms with van der Waals surface area (Å²) in [5.41, 5.74) is 5.41. The molecule has 0 atom stereocenters. The molecule has 0 N–H and O–H groups in total. The molecular weight excluding hydrogens is 350 g/mol. The first kappa shape index (κ1) is 19.7. The Kier molecular flexibility index (Phi) is 5.83. The SMILES string of the molecule is CCN(CC)C(=O)c1cc(-c2ccc(OC)cc2)nn1-c1cc(C)ccc1C. The van der Waals surface area contributed by atoms with Crippen LogP contribution in [0.4, 0.5) is 0 Å². The molecule has 5 heteroatoms. The Morgan fingerprint density at radius 2 is 1.71 bits per heavy atom. The van der Waals surface area contributed by atoms with Gasteiger partial charge in [0.25, 0.3) is 5.91 Å². The Balaban J connectivity index is 2.16. The monoisotopic (exact) mass is 377 g/mol. The van der Waals surface area contributed by atoms with Crippen molar-refractivity contribution in [1.82, 2.24) is 14.7 Å². The molecule has 0 radical (unpaired) electrons. The van der Waals surface area contributed by atoms with Crippen LogP contribution >= 0.6 is 0 Å². The third-order valence-corrected chi connectivity index (χ3v) is 4.96. The third kappa shape index (κ3) is 3.79. The maximum atomic E-state index is 13.2. The fraction of sp³-hybridized carbons (Fsp3) is 0.304. The van der Waals surface area contributed by atoms with Gasteiger partial charge in [-0.3, -0.25) is 4.79 Å². The summed E-state index contributed by atoms with van der Waals surface area (Å²) in [7, 11) is 1.64. The van der Waals surface area contributed by atoms with Crippen molar-refractivity contribution in [1.29, 1.82) is 0 Å². The molecule has 0 fully saturated rings. The van der Waals surface area contributed by atoms with E-state index in [1.54, 1.807) is 11.8 Å². The smallest absolute Gasteiger partial charge is 0.272 e. The number of aryl methyl sites for hydroxylation is 2. The maximum Gasteiger partial charge on any atom is 0.272 e. The maximum absolute atomic E-state index is 13.2. The summed E-state index contributed by atoms with van der Waals surface area (Å²) in [6.07, 6.45) is 0. The van der Waals surface area contributed by atoms with Crippen LogP contribution in [0.1, 0.15) is 35.5 Å². The largest absolute Gasteiger partial charge is 0.497 e. The minimum absolute atomic E-state index is 0.0156. The van der Waals surface area contributed by atoms with Gasteiger partial charge in [0.2, 0.25) is 0 Å². The Bertz CT molecular complexity index is 970. The van der Waals surface area contributed by atoms with E-state index in [4.69, 9.17) is 9.84 Å². The van der Waals surface area contributed by atoms with Crippen molar-refractivity contribution >= 4 is 5.91 Å². The van der Waals surface area contributed by atoms with Crippen molar-refractivity contribution in [2.75, 3.05) is 20.2 Å². The molecule has 1 aromatic heterocycles. The van der Waals surface area contributed by atoms with E-state index in [9.17, 15) is 4.79 Å². The summed E-state index contributed by atoms with van der Waals surface area (Å²) in [4.78, 5) is 15.0. The van der Waals surface area contributed by atoms with E-state index in [0.717, 1.165) is 33.8 Å². The molecule has 146 valence electrons. The van der Waals surface area contributed by atoms with Crippen LogP contribution in [0, 0.1) is 13.8 Å². The van der Waals surface area contributed by atoms with Crippen LogP contribution in [0.5, 0.6) is 5.75 Å². The second-order valence-corrected chi connectivity index (χ2v) is 6.82. The molecule has 5 nitrogen and oxygen atoms in total. The van der Waals surface area contributed by atoms with Gasteiger partial charge >= 0.3 is 0 Å². The number of hydrogen-bond donors (Lipinski definition) is 0. The zero-order valence-corrected chi connectivity index (χ0v) is 17.2. The first-order chi connectivity index (χ1) is 13.5. The number of carbonyl (C=O) groups excluding carboxylic acids is 1. The lowest BCUT2D eigenvalue weighted by Crippen LogP contribution is -2.32. The Morgan fingerprint density at radius 3 is 2.32 bits per heavy atom. The molecule has 1 amide bonds. The Hall–Kier alpha value is -3.08. The van der Waals surface area contributed by atoms with Crippen molar-refractivity contribution < 1.29 is 9.53 Å². The highest BCUT2D eigenvalue weighted by molar-refractivity contribution is 5.94. The number of amides is 1. The van der Waals surface area contributed by atoms with E-state index >= 15 is 0 Å². The van der Waals surface area contributed by atoms with E-state index in [1.807, 2.05) is 62.9 Å². The number of aromatic nitrogens is 2. The minimum atomic E-state index is -0.0156. The predicted molar refractivity (Wildman–Crippen MR) is 112 cm³/mol. The second kappa shape index (κ2) is 8.30. The summed E-state index contributed by atoms with van der Waals surface area (Å²) in [6.45, 7) is 9.38. The Morgan fingerprint density at radius 1 is 1.04 bits per heavy atom. The van der Waals surface area contributed by atoms with Gasteiger partial charge < -0.3 is 9.64 Å². The molecule has 1 heterocycles. The van der Waals surface area contributed by atoms with Crippen LogP contribution < -0.4 is 4.74 Å². The molecular formula is C23H27N3O2. The number of methoxy groups -OCH3 is 1. The van der Waals surface area contributed by atoms with Gasteiger partial charge in [0, 0.05) is 18.7 Å². The van der Waals surface area contributed by atoms with Crippen LogP contribution in [0.25, 0.3) is 16.9 Å². The summed E-state index contributed by atoms with van der Waals surface area (Å²) in [5, 5.41) is 4.81. The molecule has 0 unspecified atom stereocenters. The molecule has 0 saturated carbocycles. The number of carbonyl (C=O) groups is 1. The summed E-state index contributed by atoms with van der Waals surface area (Å²) < 4.78 is 7.02. The molecule has 0 aliphatic rings. The highest BCUT2D eigenvalue weighted by Crippen LogP contribution is 2.26. The topological polar surface area (TPSA) is 47.4 Å². The molecule has 3 aromatic rings. The zero-order chi connectivity index (χ0) is 20.3. The molecule has 0 saturated heterocycles. The van der Waals surface area contributed by atoms with Crippen molar-refractivity contribution in [3.8, 4) is 22.7 Å². The quantitative estimate of drug-likeness (QED) is 0.628. The van der Waals surface area contributed by atoms with E-state index in [2.05, 4.69) is 18.2 Å². The summed E-state index contributed by atoms with van der Waals surface area (Å²) in [6, 6.07) is 15.8. The van der Waals surface area contributed by atoms with Gasteiger partial charge in [0.1, 0.15) is 11.4 Å². The number of ether oxygens (including phenoxy) is 1. The van der Waals surface area contributed by atoms with Gasteiger partial charge in [0.15, 0.2) is 0 Å². The summed E-state index contributed by atoms with van der Waals surface area (Å²) in [5.74, 6) is 0.773. The fourth-order valence-electron chi connectivity index (χ4n) is 3.24. The lowest BCUT2D eigenvalue weighted by molar-refractivity contribution is 0.0764. The normalized spacial score (nSPS) is 10.8. The number of rotatable bonds is 6. The van der Waals surface area contributed by atoms with Crippen molar-refractivity contribution in [2.45, 2.75) is 27.7 Å². The van der Waals surface area contributed by atoms with E-state index in [1.165, 1.54) is 0 Å². The van der Waals surface area contributed by atoms with E-state index in [0.29, 0.717) is 18.8 Å². The zero-order valence-electron chi connectivity index (χ0n) is 17.2. The average molecular weight is 377 g/mol. The van der Waals surface area contributed by atoms with Crippen LogP contribution in [0.2, 0.25) is 0 Å². The van der Waals surface area contributed by atoms with Gasteiger partial charge in [-0.2, -0.15) is 5.10 Å². The molecule has 0 spiro atoms. The van der Waals surface area contributed by atoms with Gasteiger partial charge in [-0.1, -0.05) is 12.1 Å². The summed E-state index contributed by atoms with van der Waals surface area (Å²) >= 11 is 0. The van der Waals surface area contributed by atoms with Crippen LogP contribution in [-0.2, 0) is 0 Å². The van der Waals surface area contributed by atoms with Gasteiger partial charge in [0.05, 0.1) is 18.5 Å². The molecule has 28 heavy (non-hydrogen) atoms. The van der Waals surface area contributed by atoms with Crippen molar-refractivity contribution in [3.63, 3.8) is 0 Å². The fourth-order valence-corrected chi connectivity index (χ4v) is 3.24. The van der Waals surface area contributed by atoms with Crippen LogP contribution in [0.15, 0.2) is 48.5 Å². The highest BCUT2D eigenvalue weighted by atomic mass is 16.5. The molecule has 0 aliphatic carbocycles. The van der Waals surface area contributed by atoms with Gasteiger partial charge in [-0.25, -0.2) is 4.68 Å². The standard InChI is InChI=1S/C23H27N3O2/c1-6-25(7-2)23(27)22-15-20(18-10-12-19(28-5)13-11-18)24-26(22)21-14-16(3)8-9-17(21)4/h8-15H,6-7H2,1-5H3. The van der Waals surface area contributed by atoms with Crippen molar-refractivity contribution in [2.24, 2.45) is 0 Å². The molecule has 0 aliphatic heterocycles.